The zero-order valence-corrected chi connectivity index (χ0v) is 24.8. The number of esters is 2. The van der Waals surface area contributed by atoms with Crippen LogP contribution < -0.4 is 9.64 Å². The molecule has 5 rings (SSSR count). The molecular weight excluding hydrogens is 522 g/mol. The minimum Gasteiger partial charge on any atom is -0.457 e. The van der Waals surface area contributed by atoms with E-state index in [2.05, 4.69) is 74.4 Å². The largest absolute Gasteiger partial charge is 0.457 e. The zero-order chi connectivity index (χ0) is 30.2. The molecule has 4 aromatic carbocycles. The lowest BCUT2D eigenvalue weighted by Crippen LogP contribution is -2.17. The van der Waals surface area contributed by atoms with Crippen molar-refractivity contribution in [2.75, 3.05) is 4.90 Å². The number of ether oxygens (including phenoxy) is 2. The minimum atomic E-state index is -0.458. The van der Waals surface area contributed by atoms with Gasteiger partial charge in [0.15, 0.2) is 0 Å². The van der Waals surface area contributed by atoms with Crippen LogP contribution in [0.1, 0.15) is 49.9 Å². The molecule has 0 spiro atoms. The van der Waals surface area contributed by atoms with E-state index >= 15 is 0 Å². The van der Waals surface area contributed by atoms with Crippen LogP contribution >= 0.6 is 0 Å². The molecule has 42 heavy (non-hydrogen) atoms. The highest BCUT2D eigenvalue weighted by atomic mass is 16.5. The van der Waals surface area contributed by atoms with Crippen molar-refractivity contribution in [1.82, 2.24) is 0 Å². The molecule has 0 heterocycles. The van der Waals surface area contributed by atoms with E-state index in [4.69, 9.17) is 9.47 Å². The summed E-state index contributed by atoms with van der Waals surface area (Å²) in [6.07, 6.45) is 0. The number of hydrogen-bond acceptors (Lipinski definition) is 5. The van der Waals surface area contributed by atoms with Crippen LogP contribution in [-0.2, 0) is 26.3 Å². The first-order valence-electron chi connectivity index (χ1n) is 13.9. The Labute approximate surface area is 247 Å². The Kier molecular flexibility index (Phi) is 7.61. The molecule has 212 valence electrons. The van der Waals surface area contributed by atoms with Crippen LogP contribution in [0.4, 0.5) is 17.1 Å². The zero-order valence-electron chi connectivity index (χ0n) is 24.8. The van der Waals surface area contributed by atoms with E-state index in [1.54, 1.807) is 13.8 Å². The van der Waals surface area contributed by atoms with Crippen molar-refractivity contribution in [3.05, 3.63) is 131 Å². The number of anilines is 3. The third-order valence-electron chi connectivity index (χ3n) is 7.68. The van der Waals surface area contributed by atoms with Crippen molar-refractivity contribution >= 4 is 29.0 Å². The smallest absolute Gasteiger partial charge is 0.338 e. The highest BCUT2D eigenvalue weighted by Gasteiger charge is 2.35. The van der Waals surface area contributed by atoms with E-state index < -0.39 is 11.9 Å². The number of aryl methyl sites for hydroxylation is 1. The summed E-state index contributed by atoms with van der Waals surface area (Å²) in [5, 5.41) is 0. The maximum Gasteiger partial charge on any atom is 0.338 e. The number of fused-ring (bicyclic) bond motifs is 3. The van der Waals surface area contributed by atoms with E-state index in [0.29, 0.717) is 16.9 Å². The first kappa shape index (κ1) is 28.6. The fourth-order valence-electron chi connectivity index (χ4n) is 5.41. The van der Waals surface area contributed by atoms with Crippen LogP contribution in [0.3, 0.4) is 0 Å². The van der Waals surface area contributed by atoms with Gasteiger partial charge >= 0.3 is 11.9 Å². The molecule has 0 N–H and O–H groups in total. The van der Waals surface area contributed by atoms with Gasteiger partial charge in [-0.1, -0.05) is 69.5 Å². The van der Waals surface area contributed by atoms with Gasteiger partial charge < -0.3 is 14.4 Å². The van der Waals surface area contributed by atoms with Crippen LogP contribution in [-0.4, -0.2) is 11.9 Å². The summed E-state index contributed by atoms with van der Waals surface area (Å²) in [5.74, 6) is -0.397. The minimum absolute atomic E-state index is 0.134. The number of benzene rings is 4. The summed E-state index contributed by atoms with van der Waals surface area (Å²) in [6, 6.07) is 28.8. The van der Waals surface area contributed by atoms with Gasteiger partial charge in [-0.15, -0.1) is 0 Å². The second-order valence-corrected chi connectivity index (χ2v) is 11.4. The topological polar surface area (TPSA) is 55.8 Å². The fraction of sp³-hybridized carbons (Fsp3) is 0.189. The molecule has 1 aliphatic carbocycles. The third-order valence-corrected chi connectivity index (χ3v) is 7.68. The van der Waals surface area contributed by atoms with Gasteiger partial charge in [0.05, 0.1) is 0 Å². The van der Waals surface area contributed by atoms with Crippen molar-refractivity contribution in [1.29, 1.82) is 0 Å². The van der Waals surface area contributed by atoms with Gasteiger partial charge in [-0.2, -0.15) is 0 Å². The van der Waals surface area contributed by atoms with Gasteiger partial charge in [-0.25, -0.2) is 9.59 Å². The summed E-state index contributed by atoms with van der Waals surface area (Å²) >= 11 is 0. The lowest BCUT2D eigenvalue weighted by Gasteiger charge is -2.29. The van der Waals surface area contributed by atoms with Crippen molar-refractivity contribution in [3.8, 4) is 16.9 Å². The highest BCUT2D eigenvalue weighted by molar-refractivity contribution is 5.89. The van der Waals surface area contributed by atoms with Crippen molar-refractivity contribution in [2.24, 2.45) is 0 Å². The number of rotatable bonds is 8. The quantitative estimate of drug-likeness (QED) is 0.123. The average molecular weight is 558 g/mol. The van der Waals surface area contributed by atoms with Gasteiger partial charge in [0, 0.05) is 33.6 Å². The van der Waals surface area contributed by atoms with Crippen molar-refractivity contribution in [3.63, 3.8) is 0 Å². The number of nitrogens with zero attached hydrogens (tertiary/aromatic N) is 1. The molecule has 0 aromatic heterocycles. The molecule has 5 heteroatoms. The van der Waals surface area contributed by atoms with E-state index in [1.165, 1.54) is 22.3 Å². The summed E-state index contributed by atoms with van der Waals surface area (Å²) in [5.41, 5.74) is 10.0. The molecule has 0 saturated heterocycles. The van der Waals surface area contributed by atoms with Crippen molar-refractivity contribution < 1.29 is 19.1 Å². The lowest BCUT2D eigenvalue weighted by molar-refractivity contribution is -0.140. The molecule has 0 amide bonds. The Bertz CT molecular complexity index is 1750. The lowest BCUT2D eigenvalue weighted by atomic mass is 9.82. The average Bonchev–Trinajstić information content (AvgIpc) is 3.19. The van der Waals surface area contributed by atoms with E-state index in [-0.39, 0.29) is 12.0 Å². The number of hydrogen-bond donors (Lipinski definition) is 0. The van der Waals surface area contributed by atoms with Gasteiger partial charge in [-0.3, -0.25) is 0 Å². The molecule has 0 aliphatic heterocycles. The maximum atomic E-state index is 12.2. The molecule has 0 atom stereocenters. The maximum absolute atomic E-state index is 12.2. The second-order valence-electron chi connectivity index (χ2n) is 11.4. The van der Waals surface area contributed by atoms with Crippen LogP contribution in [0, 0.1) is 6.92 Å². The molecule has 0 bridgehead atoms. The summed E-state index contributed by atoms with van der Waals surface area (Å²) in [4.78, 5) is 26.4. The summed E-state index contributed by atoms with van der Waals surface area (Å²) in [7, 11) is 0. The van der Waals surface area contributed by atoms with Crippen LogP contribution in [0.2, 0.25) is 0 Å². The number of carbonyl (C=O) groups excluding carboxylic acids is 2. The first-order valence-corrected chi connectivity index (χ1v) is 13.9. The van der Waals surface area contributed by atoms with E-state index in [9.17, 15) is 9.59 Å². The van der Waals surface area contributed by atoms with E-state index in [1.807, 2.05) is 49.4 Å². The van der Waals surface area contributed by atoms with Gasteiger partial charge in [0.1, 0.15) is 12.4 Å². The SMILES string of the molecule is C=C(C)C(=O)OCc1cccc(N(c2ccc(OC(=O)C(=C)C)c(C)c2)c2ccc3c(c2)C(C)(C)c2ccccc2-3)c1. The Hall–Kier alpha value is -4.90. The normalized spacial score (nSPS) is 12.6. The Morgan fingerprint density at radius 3 is 2.10 bits per heavy atom. The monoisotopic (exact) mass is 557 g/mol. The molecule has 0 saturated carbocycles. The first-order chi connectivity index (χ1) is 20.0. The van der Waals surface area contributed by atoms with E-state index in [0.717, 1.165) is 28.2 Å². The molecule has 1 aliphatic rings. The molecule has 5 nitrogen and oxygen atoms in total. The number of carbonyl (C=O) groups is 2. The molecule has 0 radical (unpaired) electrons. The standard InChI is InChI=1S/C37H35NO4/c1-23(2)35(39)41-22-26-11-10-12-27(20-26)38(28-16-18-34(25(5)19-28)42-36(40)24(3)4)29-15-17-31-30-13-8-9-14-32(30)37(6,7)33(31)21-29/h8-21H,1,3,22H2,2,4-7H3. The van der Waals surface area contributed by atoms with Crippen LogP contribution in [0.25, 0.3) is 11.1 Å². The van der Waals surface area contributed by atoms with Gasteiger partial charge in [0.2, 0.25) is 0 Å². The molecular formula is C37H35NO4. The Morgan fingerprint density at radius 2 is 1.38 bits per heavy atom. The fourth-order valence-corrected chi connectivity index (χ4v) is 5.41. The predicted octanol–water partition coefficient (Wildman–Crippen LogP) is 8.87. The summed E-state index contributed by atoms with van der Waals surface area (Å²) in [6.45, 7) is 17.2. The van der Waals surface area contributed by atoms with Crippen molar-refractivity contribution in [2.45, 2.75) is 46.6 Å². The third kappa shape index (κ3) is 5.38. The Morgan fingerprint density at radius 1 is 0.738 bits per heavy atom. The van der Waals surface area contributed by atoms with Gasteiger partial charge in [0.25, 0.3) is 0 Å². The molecule has 0 unspecified atom stereocenters. The van der Waals surface area contributed by atoms with Crippen LogP contribution in [0.15, 0.2) is 109 Å². The molecule has 0 fully saturated rings. The second kappa shape index (κ2) is 11.2. The summed E-state index contributed by atoms with van der Waals surface area (Å²) < 4.78 is 11.0. The highest BCUT2D eigenvalue weighted by Crippen LogP contribution is 2.50. The Balaban J connectivity index is 1.60. The molecule has 4 aromatic rings. The predicted molar refractivity (Wildman–Crippen MR) is 168 cm³/mol. The van der Waals surface area contributed by atoms with Crippen LogP contribution in [0.5, 0.6) is 5.75 Å². The van der Waals surface area contributed by atoms with Gasteiger partial charge in [-0.05, 0) is 96.6 Å².